The molecular formula is C20H34N2O. The largest absolute Gasteiger partial charge is 0.493 e. The molecule has 1 aromatic rings. The predicted molar refractivity (Wildman–Crippen MR) is 97.9 cm³/mol. The van der Waals surface area contributed by atoms with E-state index in [2.05, 4.69) is 43.0 Å². The topological polar surface area (TPSA) is 38.5 Å². The second kappa shape index (κ2) is 9.94. The summed E-state index contributed by atoms with van der Waals surface area (Å²) in [6.45, 7) is 7.14. The Kier molecular flexibility index (Phi) is 7.90. The van der Waals surface area contributed by atoms with Gasteiger partial charge in [-0.3, -0.25) is 4.90 Å². The first-order chi connectivity index (χ1) is 11.3. The van der Waals surface area contributed by atoms with Gasteiger partial charge in [0, 0.05) is 18.2 Å². The first-order valence-electron chi connectivity index (χ1n) is 9.49. The highest BCUT2D eigenvalue weighted by atomic mass is 16.5. The molecule has 0 amide bonds. The maximum Gasteiger partial charge on any atom is 0.124 e. The molecule has 2 N–H and O–H groups in total. The fourth-order valence-electron chi connectivity index (χ4n) is 3.73. The van der Waals surface area contributed by atoms with Crippen molar-refractivity contribution in [2.75, 3.05) is 19.7 Å². The average Bonchev–Trinajstić information content (AvgIpc) is 2.61. The van der Waals surface area contributed by atoms with Crippen LogP contribution in [0.15, 0.2) is 24.3 Å². The van der Waals surface area contributed by atoms with E-state index in [1.807, 2.05) is 0 Å². The van der Waals surface area contributed by atoms with Crippen LogP contribution < -0.4 is 10.5 Å². The molecule has 0 bridgehead atoms. The second-order valence-corrected chi connectivity index (χ2v) is 6.64. The van der Waals surface area contributed by atoms with E-state index in [1.165, 1.54) is 44.1 Å². The van der Waals surface area contributed by atoms with Crippen LogP contribution in [0.5, 0.6) is 5.75 Å². The minimum Gasteiger partial charge on any atom is -0.493 e. The van der Waals surface area contributed by atoms with Crippen molar-refractivity contribution in [2.45, 2.75) is 70.9 Å². The average molecular weight is 319 g/mol. The third-order valence-corrected chi connectivity index (χ3v) is 5.05. The van der Waals surface area contributed by atoms with Gasteiger partial charge in [0.25, 0.3) is 0 Å². The second-order valence-electron chi connectivity index (χ2n) is 6.64. The molecule has 0 radical (unpaired) electrons. The fourth-order valence-corrected chi connectivity index (χ4v) is 3.73. The maximum atomic E-state index is 6.20. The first-order valence-corrected chi connectivity index (χ1v) is 9.49. The highest BCUT2D eigenvalue weighted by Gasteiger charge is 2.29. The Labute approximate surface area is 142 Å². The molecule has 1 aliphatic heterocycles. The summed E-state index contributed by atoms with van der Waals surface area (Å²) in [5.74, 6) is 1.03. The molecule has 0 aromatic heterocycles. The quantitative estimate of drug-likeness (QED) is 0.680. The van der Waals surface area contributed by atoms with Gasteiger partial charge >= 0.3 is 0 Å². The Bertz CT molecular complexity index is 449. The van der Waals surface area contributed by atoms with E-state index in [0.717, 1.165) is 25.3 Å². The Morgan fingerprint density at radius 3 is 2.78 bits per heavy atom. The highest BCUT2D eigenvalue weighted by molar-refractivity contribution is 5.36. The van der Waals surface area contributed by atoms with Crippen LogP contribution in [-0.4, -0.2) is 30.6 Å². The van der Waals surface area contributed by atoms with Crippen molar-refractivity contribution in [2.24, 2.45) is 5.73 Å². The van der Waals surface area contributed by atoms with Crippen LogP contribution in [0.3, 0.4) is 0 Å². The third kappa shape index (κ3) is 4.95. The number of benzene rings is 1. The van der Waals surface area contributed by atoms with Crippen LogP contribution in [0.2, 0.25) is 0 Å². The lowest BCUT2D eigenvalue weighted by Gasteiger charge is -2.41. The highest BCUT2D eigenvalue weighted by Crippen LogP contribution is 2.34. The molecule has 23 heavy (non-hydrogen) atoms. The summed E-state index contributed by atoms with van der Waals surface area (Å²) in [6.07, 6.45) is 8.71. The molecule has 1 aliphatic rings. The van der Waals surface area contributed by atoms with Crippen molar-refractivity contribution in [3.05, 3.63) is 29.8 Å². The normalized spacial score (nSPS) is 20.4. The zero-order chi connectivity index (χ0) is 16.5. The molecular weight excluding hydrogens is 284 g/mol. The number of hydrogen-bond acceptors (Lipinski definition) is 3. The number of piperidine rings is 1. The van der Waals surface area contributed by atoms with E-state index in [1.54, 1.807) is 0 Å². The van der Waals surface area contributed by atoms with E-state index in [9.17, 15) is 0 Å². The van der Waals surface area contributed by atoms with E-state index in [4.69, 9.17) is 10.5 Å². The van der Waals surface area contributed by atoms with E-state index in [0.29, 0.717) is 12.6 Å². The van der Waals surface area contributed by atoms with Crippen LogP contribution in [0.4, 0.5) is 0 Å². The van der Waals surface area contributed by atoms with Crippen molar-refractivity contribution >= 4 is 0 Å². The smallest absolute Gasteiger partial charge is 0.124 e. The molecule has 1 heterocycles. The number of hydrogen-bond donors (Lipinski definition) is 1. The summed E-state index contributed by atoms with van der Waals surface area (Å²) in [7, 11) is 0. The van der Waals surface area contributed by atoms with Crippen molar-refractivity contribution < 1.29 is 4.74 Å². The Morgan fingerprint density at radius 2 is 2.04 bits per heavy atom. The number of rotatable bonds is 9. The summed E-state index contributed by atoms with van der Waals surface area (Å²) >= 11 is 0. The standard InChI is InChI=1S/C20H34N2O/c1-3-5-10-15-23-20-13-7-6-12-18(20)19(16-21)22-14-9-8-11-17(22)4-2/h6-7,12-13,17,19H,3-5,8-11,14-16,21H2,1-2H3. The summed E-state index contributed by atoms with van der Waals surface area (Å²) < 4.78 is 6.10. The zero-order valence-electron chi connectivity index (χ0n) is 15.0. The lowest BCUT2D eigenvalue weighted by molar-refractivity contribution is 0.0929. The molecule has 0 aliphatic carbocycles. The first kappa shape index (κ1) is 18.3. The number of likely N-dealkylation sites (tertiary alicyclic amines) is 1. The minimum atomic E-state index is 0.280. The number of nitrogens with two attached hydrogens (primary N) is 1. The SMILES string of the molecule is CCCCCOc1ccccc1C(CN)N1CCCCC1CC. The fraction of sp³-hybridized carbons (Fsp3) is 0.700. The summed E-state index contributed by atoms with van der Waals surface area (Å²) in [6, 6.07) is 9.43. The molecule has 130 valence electrons. The van der Waals surface area contributed by atoms with Gasteiger partial charge in [0.15, 0.2) is 0 Å². The van der Waals surface area contributed by atoms with Gasteiger partial charge in [-0.25, -0.2) is 0 Å². The Hall–Kier alpha value is -1.06. The molecule has 1 aromatic carbocycles. The number of para-hydroxylation sites is 1. The Balaban J connectivity index is 2.13. The lowest BCUT2D eigenvalue weighted by Crippen LogP contribution is -2.44. The summed E-state index contributed by atoms with van der Waals surface area (Å²) in [4.78, 5) is 2.62. The van der Waals surface area contributed by atoms with E-state index >= 15 is 0 Å². The molecule has 2 atom stereocenters. The molecule has 0 saturated carbocycles. The van der Waals surface area contributed by atoms with Crippen LogP contribution in [-0.2, 0) is 0 Å². The van der Waals surface area contributed by atoms with Crippen LogP contribution in [0.25, 0.3) is 0 Å². The number of unbranched alkanes of at least 4 members (excludes halogenated alkanes) is 2. The summed E-state index contributed by atoms with van der Waals surface area (Å²) in [5.41, 5.74) is 7.47. The van der Waals surface area contributed by atoms with E-state index < -0.39 is 0 Å². The predicted octanol–water partition coefficient (Wildman–Crippen LogP) is 4.52. The third-order valence-electron chi connectivity index (χ3n) is 5.05. The van der Waals surface area contributed by atoms with Gasteiger partial charge in [-0.1, -0.05) is 51.3 Å². The number of ether oxygens (including phenoxy) is 1. The van der Waals surface area contributed by atoms with Crippen molar-refractivity contribution in [1.29, 1.82) is 0 Å². The van der Waals surface area contributed by atoms with E-state index in [-0.39, 0.29) is 6.04 Å². The monoisotopic (exact) mass is 318 g/mol. The number of nitrogens with zero attached hydrogens (tertiary/aromatic N) is 1. The molecule has 2 rings (SSSR count). The Morgan fingerprint density at radius 1 is 1.22 bits per heavy atom. The molecule has 1 fully saturated rings. The van der Waals surface area contributed by atoms with Gasteiger partial charge in [0.2, 0.25) is 0 Å². The van der Waals surface area contributed by atoms with Crippen LogP contribution >= 0.6 is 0 Å². The molecule has 3 nitrogen and oxygen atoms in total. The minimum absolute atomic E-state index is 0.280. The summed E-state index contributed by atoms with van der Waals surface area (Å²) in [5, 5.41) is 0. The molecule has 0 spiro atoms. The van der Waals surface area contributed by atoms with Crippen molar-refractivity contribution in [3.63, 3.8) is 0 Å². The molecule has 2 unspecified atom stereocenters. The van der Waals surface area contributed by atoms with Crippen LogP contribution in [0.1, 0.15) is 70.4 Å². The van der Waals surface area contributed by atoms with Gasteiger partial charge < -0.3 is 10.5 Å². The molecule has 3 heteroatoms. The van der Waals surface area contributed by atoms with Gasteiger partial charge in [-0.05, 0) is 38.3 Å². The van der Waals surface area contributed by atoms with Crippen LogP contribution in [0, 0.1) is 0 Å². The van der Waals surface area contributed by atoms with Gasteiger partial charge in [-0.2, -0.15) is 0 Å². The van der Waals surface area contributed by atoms with Crippen molar-refractivity contribution in [1.82, 2.24) is 4.90 Å². The maximum absolute atomic E-state index is 6.20. The molecule has 1 saturated heterocycles. The van der Waals surface area contributed by atoms with Gasteiger partial charge in [0.05, 0.1) is 12.6 Å². The van der Waals surface area contributed by atoms with Gasteiger partial charge in [-0.15, -0.1) is 0 Å². The van der Waals surface area contributed by atoms with Gasteiger partial charge in [0.1, 0.15) is 5.75 Å². The lowest BCUT2D eigenvalue weighted by atomic mass is 9.94. The zero-order valence-corrected chi connectivity index (χ0v) is 15.0. The van der Waals surface area contributed by atoms with Crippen molar-refractivity contribution in [3.8, 4) is 5.75 Å².